The highest BCUT2D eigenvalue weighted by Gasteiger charge is 2.15. The van der Waals surface area contributed by atoms with Gasteiger partial charge in [0, 0.05) is 6.54 Å². The van der Waals surface area contributed by atoms with Crippen molar-refractivity contribution in [3.8, 4) is 5.75 Å². The van der Waals surface area contributed by atoms with Crippen LogP contribution in [-0.2, 0) is 16.1 Å². The summed E-state index contributed by atoms with van der Waals surface area (Å²) in [6.45, 7) is 0.882. The Kier molecular flexibility index (Phi) is 7.47. The molecule has 1 N–H and O–H groups in total. The van der Waals surface area contributed by atoms with Crippen LogP contribution in [0.3, 0.4) is 0 Å². The standard InChI is InChI=1S/C23H27NO4/c25-22(24-15-18-7-3-1-4-8-18)17-28-23(26)20-11-13-21(14-12-20)27-16-19-9-5-2-6-10-19/h2,5-6,9-14,18H,1,3-4,7-8,15-17H2,(H,24,25). The van der Waals surface area contributed by atoms with E-state index in [-0.39, 0.29) is 12.5 Å². The molecule has 0 spiro atoms. The van der Waals surface area contributed by atoms with E-state index >= 15 is 0 Å². The summed E-state index contributed by atoms with van der Waals surface area (Å²) in [4.78, 5) is 24.0. The van der Waals surface area contributed by atoms with Crippen LogP contribution < -0.4 is 10.1 Å². The summed E-state index contributed by atoms with van der Waals surface area (Å²) < 4.78 is 10.8. The first-order valence-electron chi connectivity index (χ1n) is 9.91. The summed E-state index contributed by atoms with van der Waals surface area (Å²) in [6.07, 6.45) is 6.09. The Morgan fingerprint density at radius 1 is 0.929 bits per heavy atom. The molecule has 1 aliphatic rings. The van der Waals surface area contributed by atoms with Crippen LogP contribution in [0, 0.1) is 5.92 Å². The molecular weight excluding hydrogens is 354 g/mol. The molecule has 0 aromatic heterocycles. The summed E-state index contributed by atoms with van der Waals surface area (Å²) in [5.74, 6) is 0.464. The predicted octanol–water partition coefficient (Wildman–Crippen LogP) is 4.12. The fourth-order valence-electron chi connectivity index (χ4n) is 3.34. The lowest BCUT2D eigenvalue weighted by atomic mass is 9.89. The number of amides is 1. The molecule has 0 bridgehead atoms. The molecule has 148 valence electrons. The van der Waals surface area contributed by atoms with E-state index < -0.39 is 5.97 Å². The van der Waals surface area contributed by atoms with Crippen LogP contribution in [0.1, 0.15) is 48.0 Å². The normalized spacial score (nSPS) is 14.3. The van der Waals surface area contributed by atoms with Gasteiger partial charge in [0.05, 0.1) is 5.56 Å². The molecule has 3 rings (SSSR count). The summed E-state index contributed by atoms with van der Waals surface area (Å²) in [5.41, 5.74) is 1.47. The second-order valence-electron chi connectivity index (χ2n) is 7.18. The second-order valence-corrected chi connectivity index (χ2v) is 7.18. The molecule has 1 fully saturated rings. The van der Waals surface area contributed by atoms with Gasteiger partial charge in [-0.15, -0.1) is 0 Å². The number of benzene rings is 2. The third kappa shape index (κ3) is 6.41. The van der Waals surface area contributed by atoms with E-state index in [1.807, 2.05) is 30.3 Å². The molecule has 1 aliphatic carbocycles. The van der Waals surface area contributed by atoms with Gasteiger partial charge in [0.15, 0.2) is 6.61 Å². The maximum Gasteiger partial charge on any atom is 0.338 e. The SMILES string of the molecule is O=C(COC(=O)c1ccc(OCc2ccccc2)cc1)NCC1CCCCC1. The van der Waals surface area contributed by atoms with Crippen LogP contribution in [0.5, 0.6) is 5.75 Å². The lowest BCUT2D eigenvalue weighted by molar-refractivity contribution is -0.124. The number of rotatable bonds is 8. The van der Waals surface area contributed by atoms with E-state index in [4.69, 9.17) is 9.47 Å². The average Bonchev–Trinajstić information content (AvgIpc) is 2.76. The Morgan fingerprint density at radius 2 is 1.64 bits per heavy atom. The summed E-state index contributed by atoms with van der Waals surface area (Å²) in [5, 5.41) is 2.86. The molecule has 0 aliphatic heterocycles. The molecule has 0 unspecified atom stereocenters. The molecule has 28 heavy (non-hydrogen) atoms. The minimum atomic E-state index is -0.512. The summed E-state index contributed by atoms with van der Waals surface area (Å²) in [6, 6.07) is 16.6. The van der Waals surface area contributed by atoms with Crippen molar-refractivity contribution in [1.29, 1.82) is 0 Å². The van der Waals surface area contributed by atoms with Crippen molar-refractivity contribution in [3.63, 3.8) is 0 Å². The highest BCUT2D eigenvalue weighted by Crippen LogP contribution is 2.22. The van der Waals surface area contributed by atoms with E-state index in [1.54, 1.807) is 24.3 Å². The number of hydrogen-bond acceptors (Lipinski definition) is 4. The van der Waals surface area contributed by atoms with E-state index in [2.05, 4.69) is 5.32 Å². The lowest BCUT2D eigenvalue weighted by Gasteiger charge is -2.21. The Bertz CT molecular complexity index is 752. The first-order valence-corrected chi connectivity index (χ1v) is 9.91. The predicted molar refractivity (Wildman–Crippen MR) is 107 cm³/mol. The third-order valence-electron chi connectivity index (χ3n) is 4.99. The molecule has 5 heteroatoms. The quantitative estimate of drug-likeness (QED) is 0.699. The molecule has 0 atom stereocenters. The minimum absolute atomic E-state index is 0.248. The zero-order valence-electron chi connectivity index (χ0n) is 16.1. The molecule has 1 amide bonds. The molecule has 0 radical (unpaired) electrons. The van der Waals surface area contributed by atoms with Gasteiger partial charge in [-0.1, -0.05) is 49.6 Å². The number of carbonyl (C=O) groups is 2. The molecule has 0 heterocycles. The van der Waals surface area contributed by atoms with Gasteiger partial charge in [-0.05, 0) is 48.6 Å². The van der Waals surface area contributed by atoms with Crippen molar-refractivity contribution in [2.24, 2.45) is 5.92 Å². The van der Waals surface area contributed by atoms with Gasteiger partial charge < -0.3 is 14.8 Å². The Morgan fingerprint density at radius 3 is 2.36 bits per heavy atom. The monoisotopic (exact) mass is 381 g/mol. The van der Waals surface area contributed by atoms with Crippen molar-refractivity contribution in [1.82, 2.24) is 5.32 Å². The van der Waals surface area contributed by atoms with Crippen LogP contribution in [0.15, 0.2) is 54.6 Å². The van der Waals surface area contributed by atoms with Gasteiger partial charge in [-0.2, -0.15) is 0 Å². The molecule has 2 aromatic rings. The molecule has 1 saturated carbocycles. The lowest BCUT2D eigenvalue weighted by Crippen LogP contribution is -2.33. The van der Waals surface area contributed by atoms with Crippen LogP contribution in [0.2, 0.25) is 0 Å². The molecule has 2 aromatic carbocycles. The van der Waals surface area contributed by atoms with Gasteiger partial charge >= 0.3 is 5.97 Å². The van der Waals surface area contributed by atoms with Gasteiger partial charge in [-0.25, -0.2) is 4.79 Å². The molecular formula is C23H27NO4. The number of carbonyl (C=O) groups excluding carboxylic acids is 2. The largest absolute Gasteiger partial charge is 0.489 e. The van der Waals surface area contributed by atoms with Gasteiger partial charge in [0.2, 0.25) is 0 Å². The van der Waals surface area contributed by atoms with Crippen molar-refractivity contribution in [2.75, 3.05) is 13.2 Å². The van der Waals surface area contributed by atoms with E-state index in [0.29, 0.717) is 30.4 Å². The van der Waals surface area contributed by atoms with Crippen molar-refractivity contribution < 1.29 is 19.1 Å². The summed E-state index contributed by atoms with van der Waals surface area (Å²) in [7, 11) is 0. The van der Waals surface area contributed by atoms with Crippen LogP contribution in [0.25, 0.3) is 0 Å². The van der Waals surface area contributed by atoms with Crippen molar-refractivity contribution in [3.05, 3.63) is 65.7 Å². The van der Waals surface area contributed by atoms with E-state index in [1.165, 1.54) is 32.1 Å². The van der Waals surface area contributed by atoms with Crippen molar-refractivity contribution in [2.45, 2.75) is 38.7 Å². The first kappa shape index (κ1) is 19.9. The number of nitrogens with one attached hydrogen (secondary N) is 1. The van der Waals surface area contributed by atoms with Crippen molar-refractivity contribution >= 4 is 11.9 Å². The van der Waals surface area contributed by atoms with Crippen LogP contribution >= 0.6 is 0 Å². The maximum atomic E-state index is 12.1. The third-order valence-corrected chi connectivity index (χ3v) is 4.99. The number of hydrogen-bond donors (Lipinski definition) is 1. The maximum absolute atomic E-state index is 12.1. The highest BCUT2D eigenvalue weighted by molar-refractivity contribution is 5.91. The average molecular weight is 381 g/mol. The van der Waals surface area contributed by atoms with E-state index in [9.17, 15) is 9.59 Å². The second kappa shape index (κ2) is 10.5. The van der Waals surface area contributed by atoms with Gasteiger partial charge in [0.1, 0.15) is 12.4 Å². The summed E-state index contributed by atoms with van der Waals surface area (Å²) >= 11 is 0. The molecule has 0 saturated heterocycles. The number of ether oxygens (including phenoxy) is 2. The fraction of sp³-hybridized carbons (Fsp3) is 0.391. The fourth-order valence-corrected chi connectivity index (χ4v) is 3.34. The van der Waals surface area contributed by atoms with Crippen LogP contribution in [0.4, 0.5) is 0 Å². The Balaban J connectivity index is 1.38. The van der Waals surface area contributed by atoms with Gasteiger partial charge in [0.25, 0.3) is 5.91 Å². The van der Waals surface area contributed by atoms with E-state index in [0.717, 1.165) is 5.56 Å². The molecule has 5 nitrogen and oxygen atoms in total. The highest BCUT2D eigenvalue weighted by atomic mass is 16.5. The zero-order valence-corrected chi connectivity index (χ0v) is 16.1. The Labute approximate surface area is 166 Å². The smallest absolute Gasteiger partial charge is 0.338 e. The zero-order chi connectivity index (χ0) is 19.6. The minimum Gasteiger partial charge on any atom is -0.489 e. The van der Waals surface area contributed by atoms with Crippen LogP contribution in [-0.4, -0.2) is 25.0 Å². The number of esters is 1. The topological polar surface area (TPSA) is 64.6 Å². The van der Waals surface area contributed by atoms with Gasteiger partial charge in [-0.3, -0.25) is 4.79 Å². The Hall–Kier alpha value is -2.82. The first-order chi connectivity index (χ1) is 13.7.